The maximum Gasteiger partial charge on any atom is 0.257 e. The van der Waals surface area contributed by atoms with Gasteiger partial charge < -0.3 is 5.32 Å². The Hall–Kier alpha value is -2.38. The van der Waals surface area contributed by atoms with E-state index in [1.807, 2.05) is 37.4 Å². The maximum atomic E-state index is 12.6. The largest absolute Gasteiger partial charge is 0.322 e. The fraction of sp³-hybridized carbons (Fsp3) is 0.125. The summed E-state index contributed by atoms with van der Waals surface area (Å²) < 4.78 is 1.52. The quantitative estimate of drug-likeness (QED) is 0.720. The number of hydrogen-bond acceptors (Lipinski definition) is 5. The predicted molar refractivity (Wildman–Crippen MR) is 95.1 cm³/mol. The first-order valence-corrected chi connectivity index (χ1v) is 8.67. The van der Waals surface area contributed by atoms with Gasteiger partial charge in [0.05, 0.1) is 16.3 Å². The van der Waals surface area contributed by atoms with Crippen molar-refractivity contribution in [1.29, 1.82) is 0 Å². The average Bonchev–Trinajstić information content (AvgIpc) is 3.11. The van der Waals surface area contributed by atoms with E-state index in [9.17, 15) is 4.79 Å². The number of thioether (sulfide) groups is 1. The summed E-state index contributed by atoms with van der Waals surface area (Å²) in [6.07, 6.45) is 3.44. The summed E-state index contributed by atoms with van der Waals surface area (Å²) in [5, 5.41) is 14.4. The van der Waals surface area contributed by atoms with Crippen LogP contribution in [0.15, 0.2) is 47.6 Å². The number of tetrazole rings is 1. The predicted octanol–water partition coefficient (Wildman–Crippen LogP) is 3.60. The van der Waals surface area contributed by atoms with Crippen LogP contribution in [0, 0.1) is 6.92 Å². The highest BCUT2D eigenvalue weighted by molar-refractivity contribution is 7.98. The van der Waals surface area contributed by atoms with E-state index in [-0.39, 0.29) is 5.91 Å². The topological polar surface area (TPSA) is 72.7 Å². The third-order valence-electron chi connectivity index (χ3n) is 3.50. The van der Waals surface area contributed by atoms with Gasteiger partial charge in [0.15, 0.2) is 0 Å². The van der Waals surface area contributed by atoms with Crippen molar-refractivity contribution >= 4 is 35.0 Å². The van der Waals surface area contributed by atoms with Gasteiger partial charge in [0.1, 0.15) is 6.33 Å². The Labute approximate surface area is 148 Å². The van der Waals surface area contributed by atoms with Gasteiger partial charge in [-0.2, -0.15) is 0 Å². The summed E-state index contributed by atoms with van der Waals surface area (Å²) in [6, 6.07) is 11.0. The molecular weight excluding hydrogens is 346 g/mol. The molecule has 1 aromatic heterocycles. The molecular formula is C16H14ClN5OS. The van der Waals surface area contributed by atoms with Crippen molar-refractivity contribution in [3.05, 3.63) is 58.9 Å². The molecule has 3 rings (SSSR count). The van der Waals surface area contributed by atoms with Crippen LogP contribution >= 0.6 is 23.4 Å². The molecule has 24 heavy (non-hydrogen) atoms. The SMILES string of the molecule is CSc1ccc(Cl)c(C(=O)Nc2cc(-n3cnnn3)ccc2C)c1. The van der Waals surface area contributed by atoms with E-state index < -0.39 is 0 Å². The van der Waals surface area contributed by atoms with Crippen LogP contribution in [0.2, 0.25) is 5.02 Å². The average molecular weight is 360 g/mol. The molecule has 0 atom stereocenters. The van der Waals surface area contributed by atoms with Gasteiger partial charge in [-0.05, 0) is 59.5 Å². The molecule has 0 aliphatic carbocycles. The van der Waals surface area contributed by atoms with Crippen molar-refractivity contribution in [2.45, 2.75) is 11.8 Å². The molecule has 6 nitrogen and oxygen atoms in total. The highest BCUT2D eigenvalue weighted by Gasteiger charge is 2.13. The molecule has 0 fully saturated rings. The number of aromatic nitrogens is 4. The number of rotatable bonds is 4. The molecule has 0 aliphatic heterocycles. The molecule has 1 amide bonds. The third-order valence-corrected chi connectivity index (χ3v) is 4.56. The van der Waals surface area contributed by atoms with E-state index in [2.05, 4.69) is 20.8 Å². The number of carbonyl (C=O) groups is 1. The molecule has 0 saturated carbocycles. The van der Waals surface area contributed by atoms with Crippen LogP contribution in [0.1, 0.15) is 15.9 Å². The molecule has 0 saturated heterocycles. The number of halogens is 1. The number of amides is 1. The Bertz CT molecular complexity index is 882. The number of aryl methyl sites for hydroxylation is 1. The zero-order valence-electron chi connectivity index (χ0n) is 13.0. The van der Waals surface area contributed by atoms with E-state index >= 15 is 0 Å². The van der Waals surface area contributed by atoms with Gasteiger partial charge in [0.2, 0.25) is 0 Å². The van der Waals surface area contributed by atoms with Crippen molar-refractivity contribution in [1.82, 2.24) is 20.2 Å². The second kappa shape index (κ2) is 7.02. The van der Waals surface area contributed by atoms with Crippen LogP contribution in [-0.2, 0) is 0 Å². The molecule has 0 bridgehead atoms. The molecule has 2 aromatic carbocycles. The van der Waals surface area contributed by atoms with E-state index in [0.717, 1.165) is 16.1 Å². The fourth-order valence-electron chi connectivity index (χ4n) is 2.16. The highest BCUT2D eigenvalue weighted by atomic mass is 35.5. The third kappa shape index (κ3) is 3.42. The van der Waals surface area contributed by atoms with E-state index in [4.69, 9.17) is 11.6 Å². The first-order valence-electron chi connectivity index (χ1n) is 7.07. The molecule has 1 heterocycles. The summed E-state index contributed by atoms with van der Waals surface area (Å²) in [6.45, 7) is 1.92. The van der Waals surface area contributed by atoms with Crippen molar-refractivity contribution < 1.29 is 4.79 Å². The lowest BCUT2D eigenvalue weighted by Crippen LogP contribution is -2.14. The zero-order valence-corrected chi connectivity index (χ0v) is 14.6. The van der Waals surface area contributed by atoms with Crippen LogP contribution in [0.25, 0.3) is 5.69 Å². The van der Waals surface area contributed by atoms with Gasteiger partial charge in [0.25, 0.3) is 5.91 Å². The lowest BCUT2D eigenvalue weighted by molar-refractivity contribution is 0.102. The minimum absolute atomic E-state index is 0.257. The number of anilines is 1. The Kier molecular flexibility index (Phi) is 4.82. The molecule has 0 radical (unpaired) electrons. The normalized spacial score (nSPS) is 10.6. The van der Waals surface area contributed by atoms with Gasteiger partial charge in [-0.1, -0.05) is 17.7 Å². The number of nitrogens with one attached hydrogen (secondary N) is 1. The lowest BCUT2D eigenvalue weighted by Gasteiger charge is -2.12. The standard InChI is InChI=1S/C16H14ClN5OS/c1-10-3-4-11(22-9-18-20-21-22)7-15(10)19-16(23)13-8-12(24-2)5-6-14(13)17/h3-9H,1-2H3,(H,19,23). The van der Waals surface area contributed by atoms with Crippen molar-refractivity contribution in [2.75, 3.05) is 11.6 Å². The summed E-state index contributed by atoms with van der Waals surface area (Å²) in [5.74, 6) is -0.257. The molecule has 3 aromatic rings. The van der Waals surface area contributed by atoms with Gasteiger partial charge in [0, 0.05) is 10.6 Å². The first kappa shape index (κ1) is 16.5. The molecule has 122 valence electrons. The van der Waals surface area contributed by atoms with Gasteiger partial charge in [-0.15, -0.1) is 16.9 Å². The monoisotopic (exact) mass is 359 g/mol. The molecule has 1 N–H and O–H groups in total. The summed E-state index contributed by atoms with van der Waals surface area (Å²) in [5.41, 5.74) is 2.80. The molecule has 8 heteroatoms. The molecule has 0 unspecified atom stereocenters. The van der Waals surface area contributed by atoms with Crippen molar-refractivity contribution in [3.8, 4) is 5.69 Å². The molecule has 0 aliphatic rings. The van der Waals surface area contributed by atoms with Gasteiger partial charge in [-0.3, -0.25) is 4.79 Å². The Morgan fingerprint density at radius 2 is 2.08 bits per heavy atom. The van der Waals surface area contributed by atoms with Crippen LogP contribution < -0.4 is 5.32 Å². The van der Waals surface area contributed by atoms with Gasteiger partial charge in [-0.25, -0.2) is 4.68 Å². The minimum atomic E-state index is -0.257. The summed E-state index contributed by atoms with van der Waals surface area (Å²) in [4.78, 5) is 13.6. The zero-order chi connectivity index (χ0) is 17.1. The van der Waals surface area contributed by atoms with Crippen molar-refractivity contribution in [2.24, 2.45) is 0 Å². The molecule has 0 spiro atoms. The van der Waals surface area contributed by atoms with Crippen molar-refractivity contribution in [3.63, 3.8) is 0 Å². The Morgan fingerprint density at radius 1 is 1.25 bits per heavy atom. The van der Waals surface area contributed by atoms with Crippen LogP contribution in [-0.4, -0.2) is 32.4 Å². The first-order chi connectivity index (χ1) is 11.6. The van der Waals surface area contributed by atoms with Gasteiger partial charge >= 0.3 is 0 Å². The van der Waals surface area contributed by atoms with E-state index in [1.54, 1.807) is 23.9 Å². The second-order valence-electron chi connectivity index (χ2n) is 5.05. The smallest absolute Gasteiger partial charge is 0.257 e. The Morgan fingerprint density at radius 3 is 2.79 bits per heavy atom. The number of benzene rings is 2. The summed E-state index contributed by atoms with van der Waals surface area (Å²) >= 11 is 7.72. The minimum Gasteiger partial charge on any atom is -0.322 e. The Balaban J connectivity index is 1.91. The number of carbonyl (C=O) groups excluding carboxylic acids is 1. The van der Waals surface area contributed by atoms with E-state index in [1.165, 1.54) is 11.0 Å². The highest BCUT2D eigenvalue weighted by Crippen LogP contribution is 2.25. The van der Waals surface area contributed by atoms with Crippen LogP contribution in [0.5, 0.6) is 0 Å². The van der Waals surface area contributed by atoms with E-state index in [0.29, 0.717) is 16.3 Å². The second-order valence-corrected chi connectivity index (χ2v) is 6.34. The lowest BCUT2D eigenvalue weighted by atomic mass is 10.1. The summed E-state index contributed by atoms with van der Waals surface area (Å²) in [7, 11) is 0. The van der Waals surface area contributed by atoms with Crippen LogP contribution in [0.4, 0.5) is 5.69 Å². The maximum absolute atomic E-state index is 12.6. The van der Waals surface area contributed by atoms with Crippen LogP contribution in [0.3, 0.4) is 0 Å². The number of nitrogens with zero attached hydrogens (tertiary/aromatic N) is 4. The number of hydrogen-bond donors (Lipinski definition) is 1. The fourth-order valence-corrected chi connectivity index (χ4v) is 2.80.